The summed E-state index contributed by atoms with van der Waals surface area (Å²) in [6.45, 7) is 1.26. The van der Waals surface area contributed by atoms with Crippen LogP contribution in [0, 0.1) is 0 Å². The molecule has 23 heavy (non-hydrogen) atoms. The summed E-state index contributed by atoms with van der Waals surface area (Å²) in [6, 6.07) is 8.84. The normalized spacial score (nSPS) is 11.6. The number of halogens is 4. The van der Waals surface area contributed by atoms with E-state index in [0.29, 0.717) is 11.3 Å². The van der Waals surface area contributed by atoms with Crippen LogP contribution in [0.1, 0.15) is 17.3 Å². The minimum absolute atomic E-state index is 0.00238. The summed E-state index contributed by atoms with van der Waals surface area (Å²) in [5.41, 5.74) is 0.832. The first kappa shape index (κ1) is 21.2. The van der Waals surface area contributed by atoms with E-state index < -0.39 is 13.2 Å². The van der Waals surface area contributed by atoms with Gasteiger partial charge in [0.1, 0.15) is 0 Å². The molecule has 0 atom stereocenters. The van der Waals surface area contributed by atoms with Crippen LogP contribution in [-0.2, 0) is 20.5 Å². The largest absolute Gasteiger partial charge is 0.673 e. The van der Waals surface area contributed by atoms with Crippen molar-refractivity contribution in [3.8, 4) is 0 Å². The van der Waals surface area contributed by atoms with E-state index in [1.54, 1.807) is 24.3 Å². The van der Waals surface area contributed by atoms with Crippen molar-refractivity contribution < 1.29 is 31.7 Å². The predicted octanol–water partition coefficient (Wildman–Crippen LogP) is 2.97. The molecule has 128 valence electrons. The molecule has 0 saturated heterocycles. The number of Topliss-reactive ketones (excluding diaryl/α,β-unsaturated/α-hetero) is 1. The third-order valence-corrected chi connectivity index (χ3v) is 2.86. The van der Waals surface area contributed by atoms with Crippen molar-refractivity contribution in [2.75, 3.05) is 18.3 Å². The lowest BCUT2D eigenvalue weighted by atomic mass is 10.1. The molecule has 0 unspecified atom stereocenters. The Labute approximate surface area is 134 Å². The number of ketones is 1. The summed E-state index contributed by atoms with van der Waals surface area (Å²) >= 11 is 0. The fourth-order valence-electron chi connectivity index (χ4n) is 1.28. The number of hydrogen-bond donors (Lipinski definition) is 0. The van der Waals surface area contributed by atoms with Crippen molar-refractivity contribution in [2.45, 2.75) is 6.92 Å². The Kier molecular flexibility index (Phi) is 9.24. The molecule has 4 nitrogen and oxygen atoms in total. The monoisotopic (exact) mass is 353 g/mol. The van der Waals surface area contributed by atoms with Crippen molar-refractivity contribution in [2.24, 2.45) is 5.16 Å². The molecule has 0 N–H and O–H groups in total. The van der Waals surface area contributed by atoms with Crippen LogP contribution in [-0.4, -0.2) is 43.0 Å². The molecule has 0 aliphatic heterocycles. The van der Waals surface area contributed by atoms with Crippen LogP contribution in [0.15, 0.2) is 35.5 Å². The lowest BCUT2D eigenvalue weighted by Gasteiger charge is -2.03. The van der Waals surface area contributed by atoms with E-state index in [9.17, 15) is 26.9 Å². The van der Waals surface area contributed by atoms with Gasteiger partial charge < -0.3 is 22.1 Å². The first-order valence-corrected chi connectivity index (χ1v) is 8.47. The Morgan fingerprint density at radius 2 is 1.61 bits per heavy atom. The van der Waals surface area contributed by atoms with E-state index in [2.05, 4.69) is 9.99 Å². The average Bonchev–Trinajstić information content (AvgIpc) is 2.41. The Morgan fingerprint density at radius 3 is 2.00 bits per heavy atom. The lowest BCUT2D eigenvalue weighted by molar-refractivity contribution is -0.140. The predicted molar refractivity (Wildman–Crippen MR) is 84.2 cm³/mol. The highest BCUT2D eigenvalue weighted by Gasteiger charge is 2.21. The van der Waals surface area contributed by atoms with Crippen molar-refractivity contribution in [3.05, 3.63) is 35.9 Å². The molecule has 10 heteroatoms. The van der Waals surface area contributed by atoms with Gasteiger partial charge in [-0.1, -0.05) is 35.5 Å². The Morgan fingerprint density at radius 1 is 1.13 bits per heavy atom. The maximum Gasteiger partial charge on any atom is 0.673 e. The van der Waals surface area contributed by atoms with Crippen LogP contribution >= 0.6 is 0 Å². The molecule has 0 saturated carbocycles. The summed E-state index contributed by atoms with van der Waals surface area (Å²) in [5, 5.41) is 3.66. The van der Waals surface area contributed by atoms with Crippen LogP contribution < -0.4 is 0 Å². The van der Waals surface area contributed by atoms with Gasteiger partial charge in [0.25, 0.3) is 0 Å². The molecule has 0 aliphatic carbocycles. The quantitative estimate of drug-likeness (QED) is 0.156. The zero-order valence-corrected chi connectivity index (χ0v) is 13.6. The number of nitrogens with zero attached hydrogens (tertiary/aromatic N) is 1. The third-order valence-electron chi connectivity index (χ3n) is 2.01. The fraction of sp³-hybridized carbons (Fsp3) is 0.308. The minimum Gasteiger partial charge on any atom is -0.418 e. The average molecular weight is 353 g/mol. The Hall–Kier alpha value is -1.84. The first-order valence-electron chi connectivity index (χ1n) is 6.26. The number of benzene rings is 1. The standard InChI is InChI=1S/C13H16NO3S.BF4/c1-10(15)17-14-12(9-18(2)3)13(16)11-7-5-4-6-8-11;2-1(3,4)5/h4-8H,9H2,1-3H3;/q+1;-1. The van der Waals surface area contributed by atoms with Gasteiger partial charge in [0.15, 0.2) is 11.5 Å². The summed E-state index contributed by atoms with van der Waals surface area (Å²) in [5.74, 6) is -0.223. The van der Waals surface area contributed by atoms with Crippen molar-refractivity contribution >= 4 is 35.6 Å². The summed E-state index contributed by atoms with van der Waals surface area (Å²) in [4.78, 5) is 27.5. The zero-order valence-electron chi connectivity index (χ0n) is 12.8. The van der Waals surface area contributed by atoms with E-state index in [4.69, 9.17) is 0 Å². The summed E-state index contributed by atoms with van der Waals surface area (Å²) in [6.07, 6.45) is 4.00. The topological polar surface area (TPSA) is 55.7 Å². The molecule has 0 aliphatic rings. The van der Waals surface area contributed by atoms with E-state index in [0.717, 1.165) is 0 Å². The fourth-order valence-corrected chi connectivity index (χ4v) is 2.01. The highest BCUT2D eigenvalue weighted by Crippen LogP contribution is 2.06. The molecule has 0 fully saturated rings. The minimum atomic E-state index is -6.00. The highest BCUT2D eigenvalue weighted by atomic mass is 32.2. The molecular formula is C13H16BF4NO3S. The second-order valence-corrected chi connectivity index (χ2v) is 6.70. The van der Waals surface area contributed by atoms with Gasteiger partial charge in [0.05, 0.1) is 12.5 Å². The molecule has 0 spiro atoms. The molecule has 1 rings (SSSR count). The van der Waals surface area contributed by atoms with Gasteiger partial charge >= 0.3 is 13.2 Å². The molecular weight excluding hydrogens is 337 g/mol. The molecule has 1 aromatic rings. The lowest BCUT2D eigenvalue weighted by Crippen LogP contribution is -2.24. The molecule has 0 amide bonds. The molecule has 0 bridgehead atoms. The van der Waals surface area contributed by atoms with Crippen LogP contribution in [0.3, 0.4) is 0 Å². The van der Waals surface area contributed by atoms with Gasteiger partial charge in [-0.2, -0.15) is 0 Å². The van der Waals surface area contributed by atoms with Crippen LogP contribution in [0.5, 0.6) is 0 Å². The maximum absolute atomic E-state index is 12.2. The molecule has 1 aromatic carbocycles. The van der Waals surface area contributed by atoms with E-state index in [1.807, 2.05) is 18.6 Å². The van der Waals surface area contributed by atoms with Crippen molar-refractivity contribution in [1.29, 1.82) is 0 Å². The molecule has 0 heterocycles. The molecule has 0 radical (unpaired) electrons. The number of carbonyl (C=O) groups excluding carboxylic acids is 2. The van der Waals surface area contributed by atoms with Gasteiger partial charge in [-0.3, -0.25) is 4.79 Å². The zero-order chi connectivity index (χ0) is 18.0. The third kappa shape index (κ3) is 12.4. The summed E-state index contributed by atoms with van der Waals surface area (Å²) < 4.78 is 39.0. The van der Waals surface area contributed by atoms with Gasteiger partial charge in [0, 0.05) is 12.5 Å². The van der Waals surface area contributed by atoms with Crippen LogP contribution in [0.2, 0.25) is 0 Å². The number of carbonyl (C=O) groups is 2. The van der Waals surface area contributed by atoms with Gasteiger partial charge in [-0.15, -0.1) is 0 Å². The van der Waals surface area contributed by atoms with E-state index in [-0.39, 0.29) is 22.4 Å². The van der Waals surface area contributed by atoms with Crippen LogP contribution in [0.25, 0.3) is 0 Å². The number of hydrogen-bond acceptors (Lipinski definition) is 4. The van der Waals surface area contributed by atoms with Crippen molar-refractivity contribution in [3.63, 3.8) is 0 Å². The maximum atomic E-state index is 12.2. The smallest absolute Gasteiger partial charge is 0.418 e. The van der Waals surface area contributed by atoms with E-state index >= 15 is 0 Å². The second kappa shape index (κ2) is 10.0. The van der Waals surface area contributed by atoms with Crippen LogP contribution in [0.4, 0.5) is 17.3 Å². The van der Waals surface area contributed by atoms with E-state index in [1.165, 1.54) is 6.92 Å². The Bertz CT molecular complexity index is 544. The highest BCUT2D eigenvalue weighted by molar-refractivity contribution is 7.96. The van der Waals surface area contributed by atoms with Gasteiger partial charge in [-0.25, -0.2) is 4.79 Å². The first-order chi connectivity index (χ1) is 10.5. The summed E-state index contributed by atoms with van der Waals surface area (Å²) in [7, 11) is -6.00. The molecule has 0 aromatic heterocycles. The number of oxime groups is 1. The number of rotatable bonds is 5. The van der Waals surface area contributed by atoms with Gasteiger partial charge in [0.2, 0.25) is 5.78 Å². The van der Waals surface area contributed by atoms with Gasteiger partial charge in [-0.05, 0) is 10.9 Å². The van der Waals surface area contributed by atoms with Crippen molar-refractivity contribution in [1.82, 2.24) is 0 Å². The SMILES string of the molecule is CC(=O)ON=C(C[S+](C)C)C(=O)c1ccccc1.F[B-](F)(F)F. The second-order valence-electron chi connectivity index (χ2n) is 4.44. The Balaban J connectivity index is 0.000000841.